The highest BCUT2D eigenvalue weighted by Gasteiger charge is 2.19. The van der Waals surface area contributed by atoms with E-state index in [2.05, 4.69) is 0 Å². The summed E-state index contributed by atoms with van der Waals surface area (Å²) in [5.74, 6) is -0.0671. The molecule has 0 amide bonds. The predicted octanol–water partition coefficient (Wildman–Crippen LogP) is 4.27. The van der Waals surface area contributed by atoms with E-state index in [-0.39, 0.29) is 5.56 Å². The van der Waals surface area contributed by atoms with Crippen molar-refractivity contribution in [3.8, 4) is 0 Å². The minimum Gasteiger partial charge on any atom is -0.458 e. The molecule has 3 rings (SSSR count). The zero-order valence-corrected chi connectivity index (χ0v) is 11.4. The van der Waals surface area contributed by atoms with Crippen molar-refractivity contribution in [1.82, 2.24) is 0 Å². The van der Waals surface area contributed by atoms with Gasteiger partial charge in [-0.25, -0.2) is 4.39 Å². The van der Waals surface area contributed by atoms with Crippen LogP contribution in [0.2, 0.25) is 0 Å². The quantitative estimate of drug-likeness (QED) is 0.754. The third-order valence-electron chi connectivity index (χ3n) is 3.41. The van der Waals surface area contributed by atoms with E-state index in [4.69, 9.17) is 4.42 Å². The third kappa shape index (κ3) is 2.21. The van der Waals surface area contributed by atoms with Gasteiger partial charge < -0.3 is 9.52 Å². The molecule has 1 N–H and O–H groups in total. The molecule has 102 valence electrons. The molecule has 0 aliphatic carbocycles. The maximum Gasteiger partial charge on any atom is 0.139 e. The van der Waals surface area contributed by atoms with E-state index < -0.39 is 11.9 Å². The highest BCUT2D eigenvalue weighted by Crippen LogP contribution is 2.30. The molecule has 1 heterocycles. The van der Waals surface area contributed by atoms with Crippen LogP contribution in [0.5, 0.6) is 0 Å². The first-order valence-electron chi connectivity index (χ1n) is 6.49. The highest BCUT2D eigenvalue weighted by molar-refractivity contribution is 5.78. The number of aliphatic hydroxyl groups excluding tert-OH is 1. The van der Waals surface area contributed by atoms with Crippen LogP contribution in [0, 0.1) is 19.7 Å². The molecule has 0 saturated carbocycles. The van der Waals surface area contributed by atoms with Gasteiger partial charge >= 0.3 is 0 Å². The molecule has 3 aromatic rings. The molecule has 2 nitrogen and oxygen atoms in total. The summed E-state index contributed by atoms with van der Waals surface area (Å²) >= 11 is 0. The van der Waals surface area contributed by atoms with E-state index in [1.54, 1.807) is 18.2 Å². The van der Waals surface area contributed by atoms with Crippen LogP contribution in [0.4, 0.5) is 4.39 Å². The second kappa shape index (κ2) is 4.76. The van der Waals surface area contributed by atoms with E-state index in [0.29, 0.717) is 11.3 Å². The number of benzene rings is 2. The van der Waals surface area contributed by atoms with Crippen LogP contribution in [-0.2, 0) is 0 Å². The largest absolute Gasteiger partial charge is 0.458 e. The van der Waals surface area contributed by atoms with Crippen LogP contribution in [0.1, 0.15) is 28.6 Å². The zero-order valence-electron chi connectivity index (χ0n) is 11.4. The molecule has 3 heteroatoms. The average molecular weight is 270 g/mol. The fourth-order valence-corrected chi connectivity index (χ4v) is 2.33. The molecule has 0 saturated heterocycles. The monoisotopic (exact) mass is 270 g/mol. The maximum atomic E-state index is 13.9. The fraction of sp³-hybridized carbons (Fsp3) is 0.176. The second-order valence-electron chi connectivity index (χ2n) is 5.12. The van der Waals surface area contributed by atoms with Gasteiger partial charge in [-0.2, -0.15) is 0 Å². The summed E-state index contributed by atoms with van der Waals surface area (Å²) in [6.45, 7) is 3.80. The number of hydrogen-bond acceptors (Lipinski definition) is 2. The molecule has 1 unspecified atom stereocenters. The smallest absolute Gasteiger partial charge is 0.139 e. The number of aryl methyl sites for hydroxylation is 2. The van der Waals surface area contributed by atoms with Crippen molar-refractivity contribution in [2.75, 3.05) is 0 Å². The number of furan rings is 1. The molecule has 1 aromatic heterocycles. The lowest BCUT2D eigenvalue weighted by Crippen LogP contribution is -2.01. The number of fused-ring (bicyclic) bond motifs is 1. The Kier molecular flexibility index (Phi) is 3.07. The SMILES string of the molecule is Cc1ccc(C(O)c2cc3cc(C)ccc3o2)c(F)c1. The fourth-order valence-electron chi connectivity index (χ4n) is 2.33. The minimum absolute atomic E-state index is 0.228. The molecule has 0 fully saturated rings. The van der Waals surface area contributed by atoms with Gasteiger partial charge in [0.25, 0.3) is 0 Å². The van der Waals surface area contributed by atoms with Gasteiger partial charge in [-0.15, -0.1) is 0 Å². The molecule has 20 heavy (non-hydrogen) atoms. The lowest BCUT2D eigenvalue weighted by molar-refractivity contribution is 0.187. The van der Waals surface area contributed by atoms with Gasteiger partial charge in [-0.1, -0.05) is 23.8 Å². The van der Waals surface area contributed by atoms with Gasteiger partial charge in [0.05, 0.1) is 0 Å². The van der Waals surface area contributed by atoms with Gasteiger partial charge in [-0.05, 0) is 43.7 Å². The van der Waals surface area contributed by atoms with Crippen LogP contribution >= 0.6 is 0 Å². The van der Waals surface area contributed by atoms with Gasteiger partial charge in [-0.3, -0.25) is 0 Å². The zero-order chi connectivity index (χ0) is 14.3. The summed E-state index contributed by atoms with van der Waals surface area (Å²) in [6.07, 6.45) is -1.09. The molecule has 1 atom stereocenters. The van der Waals surface area contributed by atoms with Crippen molar-refractivity contribution in [3.63, 3.8) is 0 Å². The molecule has 0 aliphatic heterocycles. The summed E-state index contributed by atoms with van der Waals surface area (Å²) < 4.78 is 19.5. The van der Waals surface area contributed by atoms with Gasteiger partial charge in [0.1, 0.15) is 23.3 Å². The summed E-state index contributed by atoms with van der Waals surface area (Å²) in [5.41, 5.74) is 2.85. The number of rotatable bonds is 2. The summed E-state index contributed by atoms with van der Waals surface area (Å²) in [5, 5.41) is 11.2. The van der Waals surface area contributed by atoms with Crippen LogP contribution in [-0.4, -0.2) is 5.11 Å². The summed E-state index contributed by atoms with van der Waals surface area (Å²) in [7, 11) is 0. The van der Waals surface area contributed by atoms with E-state index in [1.807, 2.05) is 32.0 Å². The van der Waals surface area contributed by atoms with Crippen molar-refractivity contribution in [3.05, 3.63) is 70.7 Å². The Bertz CT molecular complexity index is 774. The van der Waals surface area contributed by atoms with E-state index in [0.717, 1.165) is 16.5 Å². The molecule has 0 spiro atoms. The third-order valence-corrected chi connectivity index (χ3v) is 3.41. The molecular weight excluding hydrogens is 255 g/mol. The second-order valence-corrected chi connectivity index (χ2v) is 5.12. The van der Waals surface area contributed by atoms with Gasteiger partial charge in [0, 0.05) is 10.9 Å². The molecule has 0 radical (unpaired) electrons. The average Bonchev–Trinajstić information content (AvgIpc) is 2.81. The summed E-state index contributed by atoms with van der Waals surface area (Å²) in [4.78, 5) is 0. The van der Waals surface area contributed by atoms with E-state index in [1.165, 1.54) is 6.07 Å². The topological polar surface area (TPSA) is 33.4 Å². The van der Waals surface area contributed by atoms with Crippen LogP contribution < -0.4 is 0 Å². The summed E-state index contributed by atoms with van der Waals surface area (Å²) in [6, 6.07) is 12.3. The van der Waals surface area contributed by atoms with Gasteiger partial charge in [0.2, 0.25) is 0 Å². The molecule has 0 aliphatic rings. The first kappa shape index (κ1) is 12.9. The van der Waals surface area contributed by atoms with Crippen molar-refractivity contribution in [2.45, 2.75) is 20.0 Å². The van der Waals surface area contributed by atoms with E-state index >= 15 is 0 Å². The van der Waals surface area contributed by atoms with Crippen LogP contribution in [0.15, 0.2) is 46.9 Å². The molecule has 2 aromatic carbocycles. The first-order valence-corrected chi connectivity index (χ1v) is 6.49. The van der Waals surface area contributed by atoms with Gasteiger partial charge in [0.15, 0.2) is 0 Å². The van der Waals surface area contributed by atoms with Crippen LogP contribution in [0.25, 0.3) is 11.0 Å². The molecular formula is C17H15FO2. The Morgan fingerprint density at radius 1 is 1.00 bits per heavy atom. The van der Waals surface area contributed by atoms with Crippen molar-refractivity contribution in [2.24, 2.45) is 0 Å². The Labute approximate surface area is 116 Å². The normalized spacial score (nSPS) is 12.8. The Hall–Kier alpha value is -2.13. The number of halogens is 1. The molecule has 0 bridgehead atoms. The number of aliphatic hydroxyl groups is 1. The highest BCUT2D eigenvalue weighted by atomic mass is 19.1. The maximum absolute atomic E-state index is 13.9. The van der Waals surface area contributed by atoms with Crippen LogP contribution in [0.3, 0.4) is 0 Å². The standard InChI is InChI=1S/C17H15FO2/c1-10-4-6-15-12(7-10)9-16(20-15)17(19)13-5-3-11(2)8-14(13)18/h3-9,17,19H,1-2H3. The van der Waals surface area contributed by atoms with Crippen molar-refractivity contribution in [1.29, 1.82) is 0 Å². The Balaban J connectivity index is 2.05. The van der Waals surface area contributed by atoms with Crippen molar-refractivity contribution >= 4 is 11.0 Å². The number of hydrogen-bond donors (Lipinski definition) is 1. The van der Waals surface area contributed by atoms with E-state index in [9.17, 15) is 9.50 Å². The Morgan fingerprint density at radius 3 is 2.45 bits per heavy atom. The Morgan fingerprint density at radius 2 is 1.70 bits per heavy atom. The predicted molar refractivity (Wildman–Crippen MR) is 76.1 cm³/mol. The first-order chi connectivity index (χ1) is 9.54. The minimum atomic E-state index is -1.09. The lowest BCUT2D eigenvalue weighted by atomic mass is 10.0. The van der Waals surface area contributed by atoms with Crippen molar-refractivity contribution < 1.29 is 13.9 Å². The lowest BCUT2D eigenvalue weighted by Gasteiger charge is -2.09.